The molecule has 0 aliphatic heterocycles. The van der Waals surface area contributed by atoms with E-state index in [9.17, 15) is 8.78 Å². The normalized spacial score (nSPS) is 12.2. The molecule has 21 heavy (non-hydrogen) atoms. The number of para-hydroxylation sites is 1. The monoisotopic (exact) mass is 356 g/mol. The minimum atomic E-state index is -0.709. The van der Waals surface area contributed by atoms with Gasteiger partial charge in [0.2, 0.25) is 0 Å². The fourth-order valence-corrected chi connectivity index (χ4v) is 2.54. The molecule has 0 fully saturated rings. The first-order chi connectivity index (χ1) is 10.1. The van der Waals surface area contributed by atoms with Gasteiger partial charge in [-0.2, -0.15) is 0 Å². The summed E-state index contributed by atoms with van der Waals surface area (Å²) in [7, 11) is 1.55. The molecule has 2 aromatic rings. The smallest absolute Gasteiger partial charge is 0.145 e. The maximum Gasteiger partial charge on any atom is 0.145 e. The zero-order valence-electron chi connectivity index (χ0n) is 11.4. The molecular formula is C15H15BrF2N2O. The highest BCUT2D eigenvalue weighted by Crippen LogP contribution is 2.30. The van der Waals surface area contributed by atoms with Gasteiger partial charge in [-0.15, -0.1) is 0 Å². The minimum absolute atomic E-state index is 0.0993. The van der Waals surface area contributed by atoms with Crippen molar-refractivity contribution in [3.8, 4) is 5.75 Å². The van der Waals surface area contributed by atoms with Crippen LogP contribution in [-0.2, 0) is 6.42 Å². The minimum Gasteiger partial charge on any atom is -0.496 e. The number of nitrogens with two attached hydrogens (primary N) is 1. The lowest BCUT2D eigenvalue weighted by atomic mass is 9.98. The average Bonchev–Trinajstić information content (AvgIpc) is 2.50. The van der Waals surface area contributed by atoms with Crippen LogP contribution in [0.1, 0.15) is 17.2 Å². The van der Waals surface area contributed by atoms with Crippen molar-refractivity contribution in [2.75, 3.05) is 7.11 Å². The van der Waals surface area contributed by atoms with Gasteiger partial charge in [0, 0.05) is 5.56 Å². The van der Waals surface area contributed by atoms with Gasteiger partial charge in [0.05, 0.1) is 17.6 Å². The van der Waals surface area contributed by atoms with Crippen molar-refractivity contribution in [1.82, 2.24) is 5.43 Å². The Balaban J connectivity index is 2.39. The Morgan fingerprint density at radius 3 is 2.62 bits per heavy atom. The number of methoxy groups -OCH3 is 1. The van der Waals surface area contributed by atoms with E-state index in [-0.39, 0.29) is 10.0 Å². The topological polar surface area (TPSA) is 47.3 Å². The SMILES string of the molecule is COc1ccccc1CC(NN)c1c(F)ccc(Br)c1F. The average molecular weight is 357 g/mol. The fourth-order valence-electron chi connectivity index (χ4n) is 2.20. The van der Waals surface area contributed by atoms with Crippen molar-refractivity contribution < 1.29 is 13.5 Å². The second-order valence-corrected chi connectivity index (χ2v) is 5.35. The fraction of sp³-hybridized carbons (Fsp3) is 0.200. The van der Waals surface area contributed by atoms with E-state index in [1.54, 1.807) is 13.2 Å². The van der Waals surface area contributed by atoms with Gasteiger partial charge in [-0.3, -0.25) is 11.3 Å². The third kappa shape index (κ3) is 3.40. The number of benzene rings is 2. The zero-order chi connectivity index (χ0) is 15.4. The van der Waals surface area contributed by atoms with Crippen LogP contribution in [0.2, 0.25) is 0 Å². The van der Waals surface area contributed by atoms with Crippen LogP contribution in [0.3, 0.4) is 0 Å². The molecule has 2 rings (SSSR count). The van der Waals surface area contributed by atoms with Gasteiger partial charge in [0.15, 0.2) is 0 Å². The van der Waals surface area contributed by atoms with E-state index in [1.165, 1.54) is 12.1 Å². The van der Waals surface area contributed by atoms with Crippen LogP contribution in [0.25, 0.3) is 0 Å². The molecule has 0 saturated carbocycles. The second-order valence-electron chi connectivity index (χ2n) is 4.49. The van der Waals surface area contributed by atoms with Crippen molar-refractivity contribution in [3.63, 3.8) is 0 Å². The Morgan fingerprint density at radius 1 is 1.24 bits per heavy atom. The van der Waals surface area contributed by atoms with Crippen molar-refractivity contribution >= 4 is 15.9 Å². The van der Waals surface area contributed by atoms with E-state index in [2.05, 4.69) is 21.4 Å². The highest BCUT2D eigenvalue weighted by Gasteiger charge is 2.22. The Labute approximate surface area is 130 Å². The summed E-state index contributed by atoms with van der Waals surface area (Å²) in [6.45, 7) is 0. The summed E-state index contributed by atoms with van der Waals surface area (Å²) in [5, 5.41) is 0. The predicted molar refractivity (Wildman–Crippen MR) is 80.8 cm³/mol. The van der Waals surface area contributed by atoms with Gasteiger partial charge in [0.25, 0.3) is 0 Å². The number of halogens is 3. The summed E-state index contributed by atoms with van der Waals surface area (Å²) in [6.07, 6.45) is 0.296. The van der Waals surface area contributed by atoms with Crippen LogP contribution in [-0.4, -0.2) is 7.11 Å². The number of rotatable bonds is 5. The Bertz CT molecular complexity index is 637. The highest BCUT2D eigenvalue weighted by molar-refractivity contribution is 9.10. The molecule has 0 amide bonds. The van der Waals surface area contributed by atoms with Gasteiger partial charge in [0.1, 0.15) is 17.4 Å². The molecule has 3 N–H and O–H groups in total. The first kappa shape index (κ1) is 15.9. The third-order valence-corrected chi connectivity index (χ3v) is 3.86. The maximum atomic E-state index is 14.2. The third-order valence-electron chi connectivity index (χ3n) is 3.25. The summed E-state index contributed by atoms with van der Waals surface area (Å²) in [5.41, 5.74) is 3.18. The molecule has 0 bridgehead atoms. The lowest BCUT2D eigenvalue weighted by Crippen LogP contribution is -2.31. The molecule has 0 aliphatic rings. The molecule has 3 nitrogen and oxygen atoms in total. The first-order valence-electron chi connectivity index (χ1n) is 6.30. The molecule has 0 heterocycles. The first-order valence-corrected chi connectivity index (χ1v) is 7.09. The molecule has 2 aromatic carbocycles. The summed E-state index contributed by atoms with van der Waals surface area (Å²) in [5.74, 6) is 4.84. The number of ether oxygens (including phenoxy) is 1. The van der Waals surface area contributed by atoms with E-state index in [0.29, 0.717) is 12.2 Å². The van der Waals surface area contributed by atoms with Crippen LogP contribution in [0.5, 0.6) is 5.75 Å². The summed E-state index contributed by atoms with van der Waals surface area (Å²) >= 11 is 3.06. The molecule has 0 radical (unpaired) electrons. The lowest BCUT2D eigenvalue weighted by molar-refractivity contribution is 0.403. The van der Waals surface area contributed by atoms with Gasteiger partial charge >= 0.3 is 0 Å². The van der Waals surface area contributed by atoms with E-state index in [4.69, 9.17) is 10.6 Å². The number of hydrogen-bond donors (Lipinski definition) is 2. The van der Waals surface area contributed by atoms with Crippen LogP contribution in [0.4, 0.5) is 8.78 Å². The standard InChI is InChI=1S/C15H15BrF2N2O/c1-21-13-5-3-2-4-9(13)8-12(20-19)14-11(17)7-6-10(16)15(14)18/h2-7,12,20H,8,19H2,1H3. The summed E-state index contributed by atoms with van der Waals surface area (Å²) in [6, 6.07) is 9.10. The van der Waals surface area contributed by atoms with Crippen molar-refractivity contribution in [3.05, 3.63) is 63.6 Å². The van der Waals surface area contributed by atoms with Gasteiger partial charge in [-0.1, -0.05) is 18.2 Å². The van der Waals surface area contributed by atoms with E-state index in [0.717, 1.165) is 5.56 Å². The van der Waals surface area contributed by atoms with E-state index < -0.39 is 17.7 Å². The van der Waals surface area contributed by atoms with Gasteiger partial charge in [-0.05, 0) is 46.1 Å². The van der Waals surface area contributed by atoms with E-state index >= 15 is 0 Å². The van der Waals surface area contributed by atoms with Gasteiger partial charge in [-0.25, -0.2) is 8.78 Å². The Morgan fingerprint density at radius 2 is 1.95 bits per heavy atom. The van der Waals surface area contributed by atoms with Crippen LogP contribution in [0.15, 0.2) is 40.9 Å². The van der Waals surface area contributed by atoms with E-state index in [1.807, 2.05) is 18.2 Å². The van der Waals surface area contributed by atoms with Gasteiger partial charge < -0.3 is 4.74 Å². The predicted octanol–water partition coefficient (Wildman–Crippen LogP) is 3.48. The van der Waals surface area contributed by atoms with Crippen LogP contribution >= 0.6 is 15.9 Å². The molecule has 112 valence electrons. The molecule has 1 unspecified atom stereocenters. The second kappa shape index (κ2) is 6.98. The van der Waals surface area contributed by atoms with Crippen molar-refractivity contribution in [2.45, 2.75) is 12.5 Å². The highest BCUT2D eigenvalue weighted by atomic mass is 79.9. The molecular weight excluding hydrogens is 342 g/mol. The lowest BCUT2D eigenvalue weighted by Gasteiger charge is -2.19. The van der Waals surface area contributed by atoms with Crippen LogP contribution in [0, 0.1) is 11.6 Å². The largest absolute Gasteiger partial charge is 0.496 e. The number of hydrogen-bond acceptors (Lipinski definition) is 3. The summed E-state index contributed by atoms with van der Waals surface area (Å²) in [4.78, 5) is 0. The zero-order valence-corrected chi connectivity index (χ0v) is 13.0. The molecule has 0 saturated heterocycles. The Hall–Kier alpha value is -1.50. The van der Waals surface area contributed by atoms with Crippen molar-refractivity contribution in [2.24, 2.45) is 5.84 Å². The molecule has 0 spiro atoms. The quantitative estimate of drug-likeness (QED) is 0.489. The molecule has 0 aliphatic carbocycles. The summed E-state index contributed by atoms with van der Waals surface area (Å²) < 4.78 is 33.6. The van der Waals surface area contributed by atoms with Crippen molar-refractivity contribution in [1.29, 1.82) is 0 Å². The molecule has 0 aromatic heterocycles. The molecule has 1 atom stereocenters. The number of hydrazine groups is 1. The maximum absolute atomic E-state index is 14.2. The van der Waals surface area contributed by atoms with Crippen LogP contribution < -0.4 is 16.0 Å². The number of nitrogens with one attached hydrogen (secondary N) is 1. The Kier molecular flexibility index (Phi) is 5.27. The molecule has 6 heteroatoms.